The standard InChI is InChI=1S/C24H21N5O3/c30-23(25-10-11-28-24-26-8-3-9-27-24)18-15-20(29-19-5-2-1-4-17(18)19)16-6-7-21-22(14-16)32-13-12-31-21/h1-9,14-15H,10-13H2,(H,25,30)(H,26,27,28). The Balaban J connectivity index is 1.39. The number of hydrogen-bond donors (Lipinski definition) is 2. The van der Waals surface area contributed by atoms with Crippen molar-refractivity contribution in [2.24, 2.45) is 0 Å². The first-order chi connectivity index (χ1) is 15.8. The number of anilines is 1. The molecule has 3 heterocycles. The Morgan fingerprint density at radius 1 is 0.906 bits per heavy atom. The van der Waals surface area contributed by atoms with Crippen LogP contribution in [0.2, 0.25) is 0 Å². The highest BCUT2D eigenvalue weighted by Gasteiger charge is 2.16. The molecule has 2 aromatic heterocycles. The Kier molecular flexibility index (Phi) is 5.48. The summed E-state index contributed by atoms with van der Waals surface area (Å²) in [6.07, 6.45) is 3.33. The summed E-state index contributed by atoms with van der Waals surface area (Å²) >= 11 is 0. The molecule has 4 aromatic rings. The number of carbonyl (C=O) groups excluding carboxylic acids is 1. The number of pyridine rings is 1. The van der Waals surface area contributed by atoms with Gasteiger partial charge in [-0.2, -0.15) is 0 Å². The number of benzene rings is 2. The van der Waals surface area contributed by atoms with Gasteiger partial charge < -0.3 is 20.1 Å². The van der Waals surface area contributed by atoms with Crippen molar-refractivity contribution in [1.29, 1.82) is 0 Å². The molecule has 0 atom stereocenters. The molecule has 32 heavy (non-hydrogen) atoms. The van der Waals surface area contributed by atoms with Crippen LogP contribution in [0.4, 0.5) is 5.95 Å². The van der Waals surface area contributed by atoms with Crippen LogP contribution in [-0.2, 0) is 0 Å². The molecule has 0 bridgehead atoms. The zero-order chi connectivity index (χ0) is 21.8. The summed E-state index contributed by atoms with van der Waals surface area (Å²) in [6.45, 7) is 1.98. The van der Waals surface area contributed by atoms with Gasteiger partial charge in [-0.05, 0) is 36.4 Å². The highest BCUT2D eigenvalue weighted by atomic mass is 16.6. The van der Waals surface area contributed by atoms with Crippen molar-refractivity contribution in [3.05, 3.63) is 72.6 Å². The van der Waals surface area contributed by atoms with Crippen LogP contribution >= 0.6 is 0 Å². The first kappa shape index (κ1) is 19.7. The Hall–Kier alpha value is -4.20. The Morgan fingerprint density at radius 3 is 2.59 bits per heavy atom. The van der Waals surface area contributed by atoms with E-state index in [9.17, 15) is 4.79 Å². The summed E-state index contributed by atoms with van der Waals surface area (Å²) < 4.78 is 11.3. The maximum Gasteiger partial charge on any atom is 0.252 e. The Morgan fingerprint density at radius 2 is 1.72 bits per heavy atom. The van der Waals surface area contributed by atoms with Crippen molar-refractivity contribution in [3.63, 3.8) is 0 Å². The van der Waals surface area contributed by atoms with Crippen LogP contribution in [0.1, 0.15) is 10.4 Å². The van der Waals surface area contributed by atoms with Gasteiger partial charge in [0.2, 0.25) is 5.95 Å². The molecule has 0 radical (unpaired) electrons. The molecule has 0 spiro atoms. The van der Waals surface area contributed by atoms with Crippen LogP contribution < -0.4 is 20.1 Å². The molecular formula is C24H21N5O3. The van der Waals surface area contributed by atoms with Gasteiger partial charge in [-0.1, -0.05) is 18.2 Å². The van der Waals surface area contributed by atoms with Gasteiger partial charge in [-0.15, -0.1) is 0 Å². The SMILES string of the molecule is O=C(NCCNc1ncccn1)c1cc(-c2ccc3c(c2)OCCO3)nc2ccccc12. The number of ether oxygens (including phenoxy) is 2. The molecule has 2 N–H and O–H groups in total. The van der Waals surface area contributed by atoms with E-state index in [1.54, 1.807) is 18.5 Å². The van der Waals surface area contributed by atoms with E-state index in [1.807, 2.05) is 48.5 Å². The topological polar surface area (TPSA) is 98.3 Å². The molecular weight excluding hydrogens is 406 g/mol. The van der Waals surface area contributed by atoms with E-state index >= 15 is 0 Å². The fourth-order valence-corrected chi connectivity index (χ4v) is 3.55. The smallest absolute Gasteiger partial charge is 0.252 e. The molecule has 5 rings (SSSR count). The minimum Gasteiger partial charge on any atom is -0.486 e. The Labute approximate surface area is 184 Å². The van der Waals surface area contributed by atoms with E-state index in [4.69, 9.17) is 14.5 Å². The first-order valence-electron chi connectivity index (χ1n) is 10.4. The van der Waals surface area contributed by atoms with Crippen LogP contribution in [0.25, 0.3) is 22.2 Å². The summed E-state index contributed by atoms with van der Waals surface area (Å²) in [4.78, 5) is 26.0. The normalized spacial score (nSPS) is 12.4. The van der Waals surface area contributed by atoms with Gasteiger partial charge >= 0.3 is 0 Å². The molecule has 8 nitrogen and oxygen atoms in total. The van der Waals surface area contributed by atoms with Crippen LogP contribution in [0.15, 0.2) is 67.0 Å². The maximum atomic E-state index is 13.0. The fourth-order valence-electron chi connectivity index (χ4n) is 3.55. The van der Waals surface area contributed by atoms with E-state index in [2.05, 4.69) is 20.6 Å². The fraction of sp³-hybridized carbons (Fsp3) is 0.167. The van der Waals surface area contributed by atoms with Crippen LogP contribution in [0, 0.1) is 0 Å². The number of fused-ring (bicyclic) bond motifs is 2. The van der Waals surface area contributed by atoms with Gasteiger partial charge in [-0.3, -0.25) is 4.79 Å². The van der Waals surface area contributed by atoms with E-state index in [-0.39, 0.29) is 5.91 Å². The number of amides is 1. The zero-order valence-corrected chi connectivity index (χ0v) is 17.2. The van der Waals surface area contributed by atoms with Gasteiger partial charge in [0.05, 0.1) is 16.8 Å². The van der Waals surface area contributed by atoms with Crippen molar-refractivity contribution >= 4 is 22.8 Å². The van der Waals surface area contributed by atoms with Crippen molar-refractivity contribution in [2.75, 3.05) is 31.6 Å². The minimum atomic E-state index is -0.168. The van der Waals surface area contributed by atoms with E-state index in [0.29, 0.717) is 55.0 Å². The predicted octanol–water partition coefficient (Wildman–Crippen LogP) is 3.30. The third kappa shape index (κ3) is 4.15. The number of hydrogen-bond acceptors (Lipinski definition) is 7. The zero-order valence-electron chi connectivity index (χ0n) is 17.2. The van der Waals surface area contributed by atoms with Crippen LogP contribution in [-0.4, -0.2) is 47.2 Å². The van der Waals surface area contributed by atoms with Crippen molar-refractivity contribution in [2.45, 2.75) is 0 Å². The molecule has 0 aliphatic carbocycles. The average molecular weight is 427 g/mol. The molecule has 0 saturated heterocycles. The second-order valence-corrected chi connectivity index (χ2v) is 7.19. The number of rotatable bonds is 6. The molecule has 0 saturated carbocycles. The number of carbonyl (C=O) groups is 1. The monoisotopic (exact) mass is 427 g/mol. The lowest BCUT2D eigenvalue weighted by Crippen LogP contribution is -2.29. The Bertz CT molecular complexity index is 1260. The molecule has 0 unspecified atom stereocenters. The van der Waals surface area contributed by atoms with Crippen LogP contribution in [0.3, 0.4) is 0 Å². The third-order valence-corrected chi connectivity index (χ3v) is 5.06. The van der Waals surface area contributed by atoms with Gasteiger partial charge in [0, 0.05) is 36.4 Å². The average Bonchev–Trinajstić information content (AvgIpc) is 2.86. The van der Waals surface area contributed by atoms with Gasteiger partial charge in [0.25, 0.3) is 5.91 Å². The molecule has 1 amide bonds. The lowest BCUT2D eigenvalue weighted by Gasteiger charge is -2.19. The summed E-state index contributed by atoms with van der Waals surface area (Å²) in [5, 5.41) is 6.84. The van der Waals surface area contributed by atoms with Crippen molar-refractivity contribution < 1.29 is 14.3 Å². The van der Waals surface area contributed by atoms with E-state index in [0.717, 1.165) is 16.5 Å². The summed E-state index contributed by atoms with van der Waals surface area (Å²) in [6, 6.07) is 16.9. The lowest BCUT2D eigenvalue weighted by molar-refractivity contribution is 0.0957. The number of aromatic nitrogens is 3. The predicted molar refractivity (Wildman–Crippen MR) is 121 cm³/mol. The lowest BCUT2D eigenvalue weighted by atomic mass is 10.0. The van der Waals surface area contributed by atoms with E-state index < -0.39 is 0 Å². The largest absolute Gasteiger partial charge is 0.486 e. The number of nitrogens with one attached hydrogen (secondary N) is 2. The first-order valence-corrected chi connectivity index (χ1v) is 10.4. The number of para-hydroxylation sites is 1. The van der Waals surface area contributed by atoms with Gasteiger partial charge in [0.15, 0.2) is 11.5 Å². The maximum absolute atomic E-state index is 13.0. The third-order valence-electron chi connectivity index (χ3n) is 5.06. The quantitative estimate of drug-likeness (QED) is 0.456. The minimum absolute atomic E-state index is 0.168. The molecule has 2 aromatic carbocycles. The molecule has 0 fully saturated rings. The molecule has 1 aliphatic heterocycles. The number of nitrogens with zero attached hydrogens (tertiary/aromatic N) is 3. The second-order valence-electron chi connectivity index (χ2n) is 7.19. The molecule has 8 heteroatoms. The van der Waals surface area contributed by atoms with Crippen LogP contribution in [0.5, 0.6) is 11.5 Å². The highest BCUT2D eigenvalue weighted by Crippen LogP contribution is 2.35. The van der Waals surface area contributed by atoms with Gasteiger partial charge in [0.1, 0.15) is 13.2 Å². The van der Waals surface area contributed by atoms with Crippen molar-refractivity contribution in [3.8, 4) is 22.8 Å². The van der Waals surface area contributed by atoms with E-state index in [1.165, 1.54) is 0 Å². The second kappa shape index (κ2) is 8.89. The summed E-state index contributed by atoms with van der Waals surface area (Å²) in [5.41, 5.74) is 2.87. The molecule has 160 valence electrons. The molecule has 1 aliphatic rings. The van der Waals surface area contributed by atoms with Gasteiger partial charge in [-0.25, -0.2) is 15.0 Å². The summed E-state index contributed by atoms with van der Waals surface area (Å²) in [7, 11) is 0. The summed E-state index contributed by atoms with van der Waals surface area (Å²) in [5.74, 6) is 1.76. The highest BCUT2D eigenvalue weighted by molar-refractivity contribution is 6.07. The van der Waals surface area contributed by atoms with Crippen molar-refractivity contribution in [1.82, 2.24) is 20.3 Å².